The van der Waals surface area contributed by atoms with Crippen LogP contribution < -0.4 is 0 Å². The van der Waals surface area contributed by atoms with Crippen LogP contribution in [-0.4, -0.2) is 29.6 Å². The van der Waals surface area contributed by atoms with Gasteiger partial charge in [-0.25, -0.2) is 0 Å². The van der Waals surface area contributed by atoms with E-state index in [4.69, 9.17) is 9.47 Å². The monoisotopic (exact) mass is 256 g/mol. The topological polar surface area (TPSA) is 55.8 Å². The predicted octanol–water partition coefficient (Wildman–Crippen LogP) is 2.24. The summed E-state index contributed by atoms with van der Waals surface area (Å²) in [6.45, 7) is 6.49. The highest BCUT2D eigenvalue weighted by molar-refractivity contribution is 5.74. The Bertz CT molecular complexity index is 326. The van der Waals surface area contributed by atoms with Gasteiger partial charge in [0.2, 0.25) is 0 Å². The van der Waals surface area contributed by atoms with Crippen LogP contribution >= 0.6 is 0 Å². The van der Waals surface area contributed by atoms with Gasteiger partial charge in [-0.05, 0) is 44.4 Å². The van der Waals surface area contributed by atoms with Gasteiger partial charge in [0.1, 0.15) is 0 Å². The minimum absolute atomic E-state index is 0.0971. The highest BCUT2D eigenvalue weighted by Gasteiger charge is 2.59. The minimum atomic E-state index is -0.743. The number of aliphatic hydroxyl groups is 1. The summed E-state index contributed by atoms with van der Waals surface area (Å²) in [5.41, 5.74) is -0.642. The SMILES string of the molecule is CCOC(=O)C1CCCC12OC(O)CCC2(C)C. The molecule has 0 aromatic carbocycles. The second kappa shape index (κ2) is 4.82. The lowest BCUT2D eigenvalue weighted by Gasteiger charge is -2.51. The Balaban J connectivity index is 2.28. The zero-order chi connectivity index (χ0) is 13.4. The Morgan fingerprint density at radius 3 is 2.78 bits per heavy atom. The lowest BCUT2D eigenvalue weighted by Crippen LogP contribution is -2.57. The van der Waals surface area contributed by atoms with E-state index in [1.54, 1.807) is 0 Å². The van der Waals surface area contributed by atoms with Crippen molar-refractivity contribution in [3.63, 3.8) is 0 Å². The van der Waals surface area contributed by atoms with Gasteiger partial charge in [0.15, 0.2) is 6.29 Å². The number of carbonyl (C=O) groups is 1. The van der Waals surface area contributed by atoms with Crippen molar-refractivity contribution in [2.24, 2.45) is 11.3 Å². The van der Waals surface area contributed by atoms with Crippen LogP contribution in [0.25, 0.3) is 0 Å². The van der Waals surface area contributed by atoms with E-state index in [1.165, 1.54) is 0 Å². The Labute approximate surface area is 109 Å². The van der Waals surface area contributed by atoms with E-state index >= 15 is 0 Å². The van der Waals surface area contributed by atoms with Crippen molar-refractivity contribution in [3.05, 3.63) is 0 Å². The number of ether oxygens (including phenoxy) is 2. The number of aliphatic hydroxyl groups excluding tert-OH is 1. The summed E-state index contributed by atoms with van der Waals surface area (Å²) < 4.78 is 11.1. The zero-order valence-electron chi connectivity index (χ0n) is 11.6. The Morgan fingerprint density at radius 2 is 2.11 bits per heavy atom. The first-order chi connectivity index (χ1) is 8.43. The number of hydrogen-bond acceptors (Lipinski definition) is 4. The summed E-state index contributed by atoms with van der Waals surface area (Å²) >= 11 is 0. The second-order valence-electron chi connectivity index (χ2n) is 6.08. The molecule has 4 heteroatoms. The van der Waals surface area contributed by atoms with Gasteiger partial charge < -0.3 is 14.6 Å². The molecule has 3 unspecified atom stereocenters. The van der Waals surface area contributed by atoms with Crippen LogP contribution in [-0.2, 0) is 14.3 Å². The minimum Gasteiger partial charge on any atom is -0.466 e. The number of rotatable bonds is 2. The van der Waals surface area contributed by atoms with Crippen LogP contribution in [0.3, 0.4) is 0 Å². The first-order valence-corrected chi connectivity index (χ1v) is 6.95. The standard InChI is InChI=1S/C14H24O4/c1-4-17-12(16)10-6-5-8-14(10)13(2,3)9-7-11(15)18-14/h10-11,15H,4-9H2,1-3H3. The molecular weight excluding hydrogens is 232 g/mol. The van der Waals surface area contributed by atoms with E-state index in [9.17, 15) is 9.90 Å². The van der Waals surface area contributed by atoms with E-state index in [0.717, 1.165) is 25.7 Å². The maximum absolute atomic E-state index is 12.1. The van der Waals surface area contributed by atoms with E-state index < -0.39 is 11.9 Å². The molecule has 0 amide bonds. The highest BCUT2D eigenvalue weighted by Crippen LogP contribution is 2.55. The van der Waals surface area contributed by atoms with Gasteiger partial charge in [0.25, 0.3) is 0 Å². The van der Waals surface area contributed by atoms with Crippen LogP contribution in [0.15, 0.2) is 0 Å². The molecule has 18 heavy (non-hydrogen) atoms. The van der Waals surface area contributed by atoms with Crippen molar-refractivity contribution in [3.8, 4) is 0 Å². The molecule has 0 bridgehead atoms. The zero-order valence-corrected chi connectivity index (χ0v) is 11.6. The summed E-state index contributed by atoms with van der Waals surface area (Å²) in [7, 11) is 0. The lowest BCUT2D eigenvalue weighted by molar-refractivity contribution is -0.272. The molecule has 104 valence electrons. The molecule has 2 aliphatic rings. The smallest absolute Gasteiger partial charge is 0.311 e. The first-order valence-electron chi connectivity index (χ1n) is 6.95. The highest BCUT2D eigenvalue weighted by atomic mass is 16.6. The fraction of sp³-hybridized carbons (Fsp3) is 0.929. The molecule has 0 aromatic rings. The van der Waals surface area contributed by atoms with E-state index in [-0.39, 0.29) is 17.3 Å². The molecule has 2 fully saturated rings. The molecule has 4 nitrogen and oxygen atoms in total. The average Bonchev–Trinajstić information content (AvgIpc) is 2.70. The first kappa shape index (κ1) is 13.8. The molecule has 1 saturated carbocycles. The van der Waals surface area contributed by atoms with Gasteiger partial charge in [0, 0.05) is 0 Å². The van der Waals surface area contributed by atoms with Crippen molar-refractivity contribution < 1.29 is 19.4 Å². The normalized spacial score (nSPS) is 38.9. The van der Waals surface area contributed by atoms with Crippen molar-refractivity contribution >= 4 is 5.97 Å². The third-order valence-corrected chi connectivity index (χ3v) is 4.68. The maximum atomic E-state index is 12.1. The summed E-state index contributed by atoms with van der Waals surface area (Å²) in [6.07, 6.45) is 3.37. The molecule has 1 spiro atoms. The van der Waals surface area contributed by atoms with Crippen LogP contribution in [0.5, 0.6) is 0 Å². The molecule has 1 aliphatic carbocycles. The van der Waals surface area contributed by atoms with Crippen LogP contribution in [0, 0.1) is 11.3 Å². The van der Waals surface area contributed by atoms with Gasteiger partial charge in [-0.3, -0.25) is 4.79 Å². The lowest BCUT2D eigenvalue weighted by atomic mass is 9.65. The van der Waals surface area contributed by atoms with E-state index in [2.05, 4.69) is 13.8 Å². The molecule has 1 heterocycles. The van der Waals surface area contributed by atoms with Gasteiger partial charge in [-0.15, -0.1) is 0 Å². The Hall–Kier alpha value is -0.610. The van der Waals surface area contributed by atoms with Crippen molar-refractivity contribution in [1.29, 1.82) is 0 Å². The summed E-state index contributed by atoms with van der Waals surface area (Å²) in [4.78, 5) is 12.1. The van der Waals surface area contributed by atoms with Crippen LogP contribution in [0.2, 0.25) is 0 Å². The third kappa shape index (κ3) is 2.05. The fourth-order valence-corrected chi connectivity index (χ4v) is 3.64. The summed E-state index contributed by atoms with van der Waals surface area (Å²) in [5, 5.41) is 9.82. The van der Waals surface area contributed by atoms with Gasteiger partial charge in [0.05, 0.1) is 18.1 Å². The van der Waals surface area contributed by atoms with Gasteiger partial charge in [-0.2, -0.15) is 0 Å². The second-order valence-corrected chi connectivity index (χ2v) is 6.08. The van der Waals surface area contributed by atoms with Gasteiger partial charge in [-0.1, -0.05) is 13.8 Å². The summed E-state index contributed by atoms with van der Waals surface area (Å²) in [5.74, 6) is -0.403. The van der Waals surface area contributed by atoms with E-state index in [1.807, 2.05) is 6.92 Å². The molecule has 1 N–H and O–H groups in total. The van der Waals surface area contributed by atoms with E-state index in [0.29, 0.717) is 13.0 Å². The van der Waals surface area contributed by atoms with Crippen molar-refractivity contribution in [2.75, 3.05) is 6.61 Å². The van der Waals surface area contributed by atoms with Crippen LogP contribution in [0.1, 0.15) is 52.9 Å². The molecule has 3 atom stereocenters. The summed E-state index contributed by atoms with van der Waals surface area (Å²) in [6, 6.07) is 0. The molecule has 0 aromatic heterocycles. The molecule has 0 radical (unpaired) electrons. The Kier molecular flexibility index (Phi) is 3.70. The van der Waals surface area contributed by atoms with Gasteiger partial charge >= 0.3 is 5.97 Å². The van der Waals surface area contributed by atoms with Crippen LogP contribution in [0.4, 0.5) is 0 Å². The maximum Gasteiger partial charge on any atom is 0.311 e. The molecule has 1 saturated heterocycles. The largest absolute Gasteiger partial charge is 0.466 e. The third-order valence-electron chi connectivity index (χ3n) is 4.68. The predicted molar refractivity (Wildman–Crippen MR) is 66.8 cm³/mol. The Morgan fingerprint density at radius 1 is 1.39 bits per heavy atom. The van der Waals surface area contributed by atoms with Crippen molar-refractivity contribution in [2.45, 2.75) is 64.8 Å². The number of esters is 1. The number of hydrogen-bond donors (Lipinski definition) is 1. The molecule has 1 aliphatic heterocycles. The number of carbonyl (C=O) groups excluding carboxylic acids is 1. The average molecular weight is 256 g/mol. The quantitative estimate of drug-likeness (QED) is 0.770. The molecular formula is C14H24O4. The fourth-order valence-electron chi connectivity index (χ4n) is 3.64. The van der Waals surface area contributed by atoms with Crippen molar-refractivity contribution in [1.82, 2.24) is 0 Å². The molecule has 2 rings (SSSR count).